The van der Waals surface area contributed by atoms with Gasteiger partial charge in [-0.2, -0.15) is 6.07 Å². The number of fused-ring (bicyclic) bond motifs is 1. The van der Waals surface area contributed by atoms with E-state index in [9.17, 15) is 0 Å². The molecule has 0 aliphatic heterocycles. The van der Waals surface area contributed by atoms with Gasteiger partial charge < -0.3 is 0 Å². The summed E-state index contributed by atoms with van der Waals surface area (Å²) in [7, 11) is 0. The number of benzene rings is 1. The Morgan fingerprint density at radius 3 is 2.64 bits per heavy atom. The second kappa shape index (κ2) is 3.41. The normalized spacial score (nSPS) is 9.55. The molecule has 0 N–H and O–H groups in total. The van der Waals surface area contributed by atoms with Crippen molar-refractivity contribution in [2.24, 2.45) is 0 Å². The van der Waals surface area contributed by atoms with Gasteiger partial charge in [-0.25, -0.2) is 0 Å². The molecule has 0 saturated carbocycles. The van der Waals surface area contributed by atoms with E-state index in [1.54, 1.807) is 0 Å². The average molecular weight is 220 g/mol. The second-order valence-electron chi connectivity index (χ2n) is 2.66. The van der Waals surface area contributed by atoms with Crippen LogP contribution in [0.2, 0.25) is 0 Å². The molecule has 0 unspecified atom stereocenters. The zero-order valence-electron chi connectivity index (χ0n) is 6.46. The minimum atomic E-state index is 0. The molecule has 0 bridgehead atoms. The van der Waals surface area contributed by atoms with Crippen LogP contribution in [0.1, 0.15) is 5.56 Å². The van der Waals surface area contributed by atoms with Crippen LogP contribution in [-0.4, -0.2) is 0 Å². The van der Waals surface area contributed by atoms with Gasteiger partial charge in [-0.05, 0) is 0 Å². The summed E-state index contributed by atoms with van der Waals surface area (Å²) in [6.07, 6.45) is 0. The Morgan fingerprint density at radius 1 is 1.18 bits per heavy atom. The molecule has 1 heteroatoms. The minimum absolute atomic E-state index is 0. The molecule has 0 spiro atoms. The average Bonchev–Trinajstić information content (AvgIpc) is 2.27. The monoisotopic (exact) mass is 219 g/mol. The molecule has 0 amide bonds. The first-order valence-corrected chi connectivity index (χ1v) is 3.48. The van der Waals surface area contributed by atoms with Crippen molar-refractivity contribution in [2.45, 2.75) is 6.92 Å². The van der Waals surface area contributed by atoms with Gasteiger partial charge in [-0.15, -0.1) is 40.6 Å². The van der Waals surface area contributed by atoms with Crippen molar-refractivity contribution in [3.05, 3.63) is 42.0 Å². The summed E-state index contributed by atoms with van der Waals surface area (Å²) < 4.78 is 0. The van der Waals surface area contributed by atoms with E-state index in [2.05, 4.69) is 43.3 Å². The van der Waals surface area contributed by atoms with Gasteiger partial charge in [0.2, 0.25) is 0 Å². The van der Waals surface area contributed by atoms with Crippen molar-refractivity contribution in [1.29, 1.82) is 0 Å². The smallest absolute Gasteiger partial charge is 0 e. The largest absolute Gasteiger partial charge is 0.165 e. The van der Waals surface area contributed by atoms with Crippen molar-refractivity contribution in [1.82, 2.24) is 0 Å². The van der Waals surface area contributed by atoms with Gasteiger partial charge in [0.15, 0.2) is 0 Å². The molecule has 0 aliphatic carbocycles. The molecule has 0 atom stereocenters. The molecule has 0 nitrogen and oxygen atoms in total. The molecule has 0 fully saturated rings. The van der Waals surface area contributed by atoms with Crippen LogP contribution in [-0.2, 0) is 26.2 Å². The molecular weight excluding hydrogens is 211 g/mol. The quantitative estimate of drug-likeness (QED) is 0.599. The van der Waals surface area contributed by atoms with Crippen LogP contribution >= 0.6 is 0 Å². The maximum atomic E-state index is 2.20. The summed E-state index contributed by atoms with van der Waals surface area (Å²) in [6, 6.07) is 12.8. The molecule has 2 rings (SSSR count). The third-order valence-electron chi connectivity index (χ3n) is 1.76. The summed E-state index contributed by atoms with van der Waals surface area (Å²) >= 11 is 0. The summed E-state index contributed by atoms with van der Waals surface area (Å²) in [6.45, 7) is 2.12. The molecule has 0 aromatic heterocycles. The Morgan fingerprint density at radius 2 is 1.91 bits per heavy atom. The third-order valence-corrected chi connectivity index (χ3v) is 1.76. The van der Waals surface area contributed by atoms with Crippen molar-refractivity contribution in [2.75, 3.05) is 0 Å². The second-order valence-corrected chi connectivity index (χ2v) is 2.66. The minimum Gasteiger partial charge on any atom is -0.165 e. The van der Waals surface area contributed by atoms with Crippen molar-refractivity contribution < 1.29 is 26.2 Å². The maximum Gasteiger partial charge on any atom is 0 e. The Bertz CT molecular complexity index is 313. The van der Waals surface area contributed by atoms with Gasteiger partial charge in [0, 0.05) is 26.2 Å². The standard InChI is InChI=1S/C10H9.Zr/c1-8-6-9-4-2-3-5-10(9)7-8;/h2-7H,1H3;/q-1;. The van der Waals surface area contributed by atoms with E-state index in [0.717, 1.165) is 0 Å². The van der Waals surface area contributed by atoms with Crippen LogP contribution in [0.15, 0.2) is 36.4 Å². The van der Waals surface area contributed by atoms with Crippen molar-refractivity contribution in [3.8, 4) is 0 Å². The van der Waals surface area contributed by atoms with E-state index in [-0.39, 0.29) is 26.2 Å². The fraction of sp³-hybridized carbons (Fsp3) is 0.100. The number of hydrogen-bond acceptors (Lipinski definition) is 0. The van der Waals surface area contributed by atoms with E-state index in [4.69, 9.17) is 0 Å². The SMILES string of the molecule is Cc1cc2ccccc2[cH-]1.[Zr]. The van der Waals surface area contributed by atoms with Crippen LogP contribution in [0.25, 0.3) is 10.8 Å². The zero-order valence-corrected chi connectivity index (χ0v) is 8.92. The molecule has 0 aliphatic rings. The van der Waals surface area contributed by atoms with Crippen LogP contribution in [0.3, 0.4) is 0 Å². The summed E-state index contributed by atoms with van der Waals surface area (Å²) in [5, 5.41) is 2.69. The Hall–Kier alpha value is -0.287. The van der Waals surface area contributed by atoms with Gasteiger partial charge >= 0.3 is 0 Å². The van der Waals surface area contributed by atoms with Crippen LogP contribution in [0.4, 0.5) is 0 Å². The Balaban J connectivity index is 0.000000605. The molecular formula is C10H9Zr-. The van der Waals surface area contributed by atoms with Crippen molar-refractivity contribution >= 4 is 10.8 Å². The Labute approximate surface area is 85.7 Å². The predicted octanol–water partition coefficient (Wildman–Crippen LogP) is 2.86. The van der Waals surface area contributed by atoms with E-state index in [1.165, 1.54) is 16.3 Å². The maximum absolute atomic E-state index is 2.20. The fourth-order valence-corrected chi connectivity index (χ4v) is 1.31. The Kier molecular flexibility index (Phi) is 2.73. The molecule has 0 radical (unpaired) electrons. The van der Waals surface area contributed by atoms with Crippen LogP contribution in [0.5, 0.6) is 0 Å². The number of aryl methyl sites for hydroxylation is 1. The molecule has 54 valence electrons. The van der Waals surface area contributed by atoms with Gasteiger partial charge in [0.1, 0.15) is 0 Å². The zero-order chi connectivity index (χ0) is 6.97. The first-order chi connectivity index (χ1) is 4.86. The number of hydrogen-bond donors (Lipinski definition) is 0. The van der Waals surface area contributed by atoms with Gasteiger partial charge in [-0.3, -0.25) is 0 Å². The van der Waals surface area contributed by atoms with Crippen LogP contribution in [0, 0.1) is 6.92 Å². The summed E-state index contributed by atoms with van der Waals surface area (Å²) in [5.41, 5.74) is 1.35. The third kappa shape index (κ3) is 1.65. The van der Waals surface area contributed by atoms with E-state index >= 15 is 0 Å². The topological polar surface area (TPSA) is 0 Å². The van der Waals surface area contributed by atoms with E-state index in [0.29, 0.717) is 0 Å². The van der Waals surface area contributed by atoms with Crippen molar-refractivity contribution in [3.63, 3.8) is 0 Å². The first kappa shape index (κ1) is 8.81. The van der Waals surface area contributed by atoms with Crippen LogP contribution < -0.4 is 0 Å². The van der Waals surface area contributed by atoms with E-state index in [1.807, 2.05) is 0 Å². The fourth-order valence-electron chi connectivity index (χ4n) is 1.31. The number of rotatable bonds is 0. The van der Waals surface area contributed by atoms with Gasteiger partial charge in [0.05, 0.1) is 0 Å². The molecule has 2 aromatic carbocycles. The molecule has 2 aromatic rings. The van der Waals surface area contributed by atoms with Gasteiger partial charge in [-0.1, -0.05) is 13.0 Å². The molecule has 11 heavy (non-hydrogen) atoms. The predicted molar refractivity (Wildman–Crippen MR) is 44.3 cm³/mol. The molecule has 0 saturated heterocycles. The molecule has 0 heterocycles. The van der Waals surface area contributed by atoms with E-state index < -0.39 is 0 Å². The summed E-state index contributed by atoms with van der Waals surface area (Å²) in [5.74, 6) is 0. The van der Waals surface area contributed by atoms with Gasteiger partial charge in [0.25, 0.3) is 0 Å². The first-order valence-electron chi connectivity index (χ1n) is 3.48. The summed E-state index contributed by atoms with van der Waals surface area (Å²) in [4.78, 5) is 0.